The largest absolute Gasteiger partial charge is 0.347 e. The summed E-state index contributed by atoms with van der Waals surface area (Å²) in [6.45, 7) is 4.95. The van der Waals surface area contributed by atoms with E-state index < -0.39 is 0 Å². The van der Waals surface area contributed by atoms with Gasteiger partial charge in [0.15, 0.2) is 5.11 Å². The molecule has 1 saturated heterocycles. The summed E-state index contributed by atoms with van der Waals surface area (Å²) in [6.07, 6.45) is 3.85. The molecule has 1 aromatic carbocycles. The van der Waals surface area contributed by atoms with E-state index in [0.29, 0.717) is 0 Å². The van der Waals surface area contributed by atoms with Crippen LogP contribution in [0.4, 0.5) is 5.69 Å². The van der Waals surface area contributed by atoms with E-state index in [1.165, 1.54) is 11.1 Å². The molecule has 22 heavy (non-hydrogen) atoms. The standard InChI is InChI=1S/C16H20N4S2/c1-13-4-2-3-5-14(13)11-20-12-15(10-17-20)18-16(21)19-6-8-22-9-7-19/h2-5,10,12H,6-9,11H2,1H3,(H,18,21). The summed E-state index contributed by atoms with van der Waals surface area (Å²) in [4.78, 5) is 2.23. The number of nitrogens with one attached hydrogen (secondary N) is 1. The maximum atomic E-state index is 5.48. The van der Waals surface area contributed by atoms with Gasteiger partial charge in [-0.25, -0.2) is 0 Å². The van der Waals surface area contributed by atoms with Crippen LogP contribution < -0.4 is 5.32 Å². The molecule has 0 bridgehead atoms. The lowest BCUT2D eigenvalue weighted by Crippen LogP contribution is -2.40. The lowest BCUT2D eigenvalue weighted by Gasteiger charge is -2.28. The van der Waals surface area contributed by atoms with Gasteiger partial charge in [-0.3, -0.25) is 4.68 Å². The second-order valence-corrected chi connectivity index (χ2v) is 6.99. The quantitative estimate of drug-likeness (QED) is 0.874. The molecule has 0 saturated carbocycles. The van der Waals surface area contributed by atoms with Gasteiger partial charge >= 0.3 is 0 Å². The van der Waals surface area contributed by atoms with Gasteiger partial charge in [0.1, 0.15) is 0 Å². The zero-order valence-electron chi connectivity index (χ0n) is 12.7. The Bertz CT molecular complexity index is 647. The molecule has 0 amide bonds. The summed E-state index contributed by atoms with van der Waals surface area (Å²) in [7, 11) is 0. The minimum atomic E-state index is 0.779. The zero-order valence-corrected chi connectivity index (χ0v) is 14.3. The molecular weight excluding hydrogens is 312 g/mol. The fraction of sp³-hybridized carbons (Fsp3) is 0.375. The Morgan fingerprint density at radius 3 is 2.86 bits per heavy atom. The number of anilines is 1. The number of hydrogen-bond donors (Lipinski definition) is 1. The van der Waals surface area contributed by atoms with Gasteiger partial charge in [-0.15, -0.1) is 0 Å². The zero-order chi connectivity index (χ0) is 15.4. The smallest absolute Gasteiger partial charge is 0.173 e. The molecule has 116 valence electrons. The van der Waals surface area contributed by atoms with Gasteiger partial charge in [0.25, 0.3) is 0 Å². The summed E-state index contributed by atoms with van der Waals surface area (Å²) in [6, 6.07) is 8.39. The van der Waals surface area contributed by atoms with Gasteiger partial charge in [-0.1, -0.05) is 24.3 Å². The third-order valence-electron chi connectivity index (χ3n) is 3.78. The highest BCUT2D eigenvalue weighted by Gasteiger charge is 2.14. The summed E-state index contributed by atoms with van der Waals surface area (Å²) < 4.78 is 1.94. The van der Waals surface area contributed by atoms with Crippen LogP contribution in [-0.4, -0.2) is 44.4 Å². The predicted molar refractivity (Wildman–Crippen MR) is 97.6 cm³/mol. The van der Waals surface area contributed by atoms with Gasteiger partial charge < -0.3 is 10.2 Å². The normalized spacial score (nSPS) is 14.9. The molecule has 0 radical (unpaired) electrons. The van der Waals surface area contributed by atoms with E-state index in [2.05, 4.69) is 46.5 Å². The van der Waals surface area contributed by atoms with E-state index in [4.69, 9.17) is 12.2 Å². The molecule has 0 atom stereocenters. The Hall–Kier alpha value is -1.53. The topological polar surface area (TPSA) is 33.1 Å². The van der Waals surface area contributed by atoms with Crippen LogP contribution in [0.15, 0.2) is 36.7 Å². The van der Waals surface area contributed by atoms with E-state index in [9.17, 15) is 0 Å². The maximum Gasteiger partial charge on any atom is 0.173 e. The second-order valence-electron chi connectivity index (χ2n) is 5.38. The summed E-state index contributed by atoms with van der Waals surface area (Å²) in [5, 5.41) is 8.52. The van der Waals surface area contributed by atoms with Crippen molar-refractivity contribution in [1.82, 2.24) is 14.7 Å². The Morgan fingerprint density at radius 1 is 1.32 bits per heavy atom. The third-order valence-corrected chi connectivity index (χ3v) is 5.08. The summed E-state index contributed by atoms with van der Waals surface area (Å²) >= 11 is 7.47. The Labute approximate surface area is 140 Å². The number of thioether (sulfide) groups is 1. The summed E-state index contributed by atoms with van der Waals surface area (Å²) in [5.74, 6) is 2.29. The van der Waals surface area contributed by atoms with Gasteiger partial charge in [0, 0.05) is 30.8 Å². The van der Waals surface area contributed by atoms with Crippen molar-refractivity contribution < 1.29 is 0 Å². The third kappa shape index (κ3) is 3.81. The van der Waals surface area contributed by atoms with Crippen molar-refractivity contribution in [3.8, 4) is 0 Å². The molecule has 1 aromatic heterocycles. The number of thiocarbonyl (C=S) groups is 1. The van der Waals surface area contributed by atoms with Crippen LogP contribution in [0, 0.1) is 6.92 Å². The maximum absolute atomic E-state index is 5.48. The number of benzene rings is 1. The fourth-order valence-electron chi connectivity index (χ4n) is 2.45. The van der Waals surface area contributed by atoms with Crippen LogP contribution in [-0.2, 0) is 6.54 Å². The number of nitrogens with zero attached hydrogens (tertiary/aromatic N) is 3. The predicted octanol–water partition coefficient (Wildman–Crippen LogP) is 2.99. The molecule has 1 N–H and O–H groups in total. The number of aryl methyl sites for hydroxylation is 1. The Kier molecular flexibility index (Phi) is 5.00. The lowest BCUT2D eigenvalue weighted by atomic mass is 10.1. The van der Waals surface area contributed by atoms with Crippen LogP contribution in [0.25, 0.3) is 0 Å². The number of aromatic nitrogens is 2. The van der Waals surface area contributed by atoms with Crippen molar-refractivity contribution in [3.05, 3.63) is 47.8 Å². The van der Waals surface area contributed by atoms with Crippen molar-refractivity contribution in [2.45, 2.75) is 13.5 Å². The molecule has 6 heteroatoms. The molecule has 1 fully saturated rings. The van der Waals surface area contributed by atoms with Crippen molar-refractivity contribution >= 4 is 34.8 Å². The monoisotopic (exact) mass is 332 g/mol. The van der Waals surface area contributed by atoms with Gasteiger partial charge in [-0.05, 0) is 30.3 Å². The number of rotatable bonds is 3. The number of hydrogen-bond acceptors (Lipinski definition) is 3. The molecule has 4 nitrogen and oxygen atoms in total. The average Bonchev–Trinajstić information content (AvgIpc) is 2.97. The first-order valence-corrected chi connectivity index (χ1v) is 8.99. The Morgan fingerprint density at radius 2 is 2.09 bits per heavy atom. The van der Waals surface area contributed by atoms with Crippen LogP contribution in [0.5, 0.6) is 0 Å². The highest BCUT2D eigenvalue weighted by molar-refractivity contribution is 7.99. The van der Waals surface area contributed by atoms with Crippen LogP contribution in [0.2, 0.25) is 0 Å². The molecule has 0 aliphatic carbocycles. The van der Waals surface area contributed by atoms with E-state index in [0.717, 1.165) is 41.9 Å². The molecule has 0 unspecified atom stereocenters. The van der Waals surface area contributed by atoms with Gasteiger partial charge in [0.2, 0.25) is 0 Å². The highest BCUT2D eigenvalue weighted by atomic mass is 32.2. The van der Waals surface area contributed by atoms with E-state index in [-0.39, 0.29) is 0 Å². The van der Waals surface area contributed by atoms with Crippen molar-refractivity contribution in [2.75, 3.05) is 29.9 Å². The minimum Gasteiger partial charge on any atom is -0.347 e. The second kappa shape index (κ2) is 7.15. The fourth-order valence-corrected chi connectivity index (χ4v) is 3.65. The van der Waals surface area contributed by atoms with E-state index >= 15 is 0 Å². The molecule has 2 aromatic rings. The van der Waals surface area contributed by atoms with Gasteiger partial charge in [0.05, 0.1) is 18.4 Å². The molecule has 3 rings (SSSR count). The van der Waals surface area contributed by atoms with Crippen molar-refractivity contribution in [1.29, 1.82) is 0 Å². The van der Waals surface area contributed by atoms with E-state index in [1.807, 2.05) is 28.8 Å². The van der Waals surface area contributed by atoms with Crippen LogP contribution in [0.3, 0.4) is 0 Å². The first kappa shape index (κ1) is 15.4. The molecular formula is C16H20N4S2. The molecule has 0 spiro atoms. The first-order chi connectivity index (χ1) is 10.7. The first-order valence-electron chi connectivity index (χ1n) is 7.43. The lowest BCUT2D eigenvalue weighted by molar-refractivity contribution is 0.470. The summed E-state index contributed by atoms with van der Waals surface area (Å²) in [5.41, 5.74) is 3.53. The molecule has 2 heterocycles. The van der Waals surface area contributed by atoms with Crippen molar-refractivity contribution in [2.24, 2.45) is 0 Å². The van der Waals surface area contributed by atoms with Gasteiger partial charge in [-0.2, -0.15) is 16.9 Å². The Balaban J connectivity index is 1.61. The van der Waals surface area contributed by atoms with Crippen LogP contribution in [0.1, 0.15) is 11.1 Å². The van der Waals surface area contributed by atoms with Crippen molar-refractivity contribution in [3.63, 3.8) is 0 Å². The molecule has 1 aliphatic rings. The van der Waals surface area contributed by atoms with E-state index in [1.54, 1.807) is 0 Å². The molecule has 1 aliphatic heterocycles. The SMILES string of the molecule is Cc1ccccc1Cn1cc(NC(=S)N2CCSCC2)cn1. The van der Waals surface area contributed by atoms with Crippen LogP contribution >= 0.6 is 24.0 Å². The highest BCUT2D eigenvalue weighted by Crippen LogP contribution is 2.14. The average molecular weight is 332 g/mol. The minimum absolute atomic E-state index is 0.779.